The molecule has 0 fully saturated rings. The highest BCUT2D eigenvalue weighted by molar-refractivity contribution is 4.83. The molecule has 68 valence electrons. The average Bonchev–Trinajstić information content (AvgIpc) is 2.00. The lowest BCUT2D eigenvalue weighted by molar-refractivity contribution is 0.0960. The first kappa shape index (κ1) is 10.9. The summed E-state index contributed by atoms with van der Waals surface area (Å²) in [5.41, 5.74) is 4.24. The monoisotopic (exact) mass is 161 g/mol. The van der Waals surface area contributed by atoms with E-state index < -0.39 is 5.67 Å². The highest BCUT2D eigenvalue weighted by atomic mass is 19.1. The Balaban J connectivity index is 3.88. The molecule has 2 heteroatoms. The molecule has 0 rings (SSSR count). The molecule has 0 aromatic rings. The number of alkyl halides is 1. The fourth-order valence-corrected chi connectivity index (χ4v) is 1.10. The van der Waals surface area contributed by atoms with Crippen LogP contribution in [0.1, 0.15) is 40.0 Å². The van der Waals surface area contributed by atoms with Crippen LogP contribution < -0.4 is 5.73 Å². The second-order valence-electron chi connectivity index (χ2n) is 3.50. The minimum atomic E-state index is -1.13. The van der Waals surface area contributed by atoms with Gasteiger partial charge >= 0.3 is 0 Å². The van der Waals surface area contributed by atoms with Crippen LogP contribution in [0.5, 0.6) is 0 Å². The van der Waals surface area contributed by atoms with Crippen molar-refractivity contribution in [3.8, 4) is 0 Å². The van der Waals surface area contributed by atoms with Crippen LogP contribution in [0.4, 0.5) is 4.39 Å². The van der Waals surface area contributed by atoms with E-state index in [2.05, 4.69) is 6.92 Å². The van der Waals surface area contributed by atoms with Gasteiger partial charge in [-0.2, -0.15) is 0 Å². The predicted octanol–water partition coefficient (Wildman–Crippen LogP) is 2.50. The van der Waals surface area contributed by atoms with Gasteiger partial charge in [0.15, 0.2) is 0 Å². The van der Waals surface area contributed by atoms with E-state index in [-0.39, 0.29) is 12.5 Å². The summed E-state index contributed by atoms with van der Waals surface area (Å²) in [7, 11) is 0. The molecule has 0 saturated heterocycles. The van der Waals surface area contributed by atoms with Gasteiger partial charge in [-0.15, -0.1) is 0 Å². The normalized spacial score (nSPS) is 16.9. The Morgan fingerprint density at radius 1 is 1.45 bits per heavy atom. The van der Waals surface area contributed by atoms with Crippen molar-refractivity contribution in [3.63, 3.8) is 0 Å². The molecular weight excluding hydrogens is 141 g/mol. The lowest BCUT2D eigenvalue weighted by Crippen LogP contribution is -2.38. The maximum Gasteiger partial charge on any atom is 0.125 e. The number of nitrogens with two attached hydrogens (primary N) is 1. The number of hydrogen-bond acceptors (Lipinski definition) is 1. The van der Waals surface area contributed by atoms with Crippen LogP contribution in [0.2, 0.25) is 0 Å². The molecule has 1 nitrogen and oxygen atoms in total. The molecule has 1 unspecified atom stereocenters. The average molecular weight is 161 g/mol. The lowest BCUT2D eigenvalue weighted by Gasteiger charge is -2.27. The van der Waals surface area contributed by atoms with Crippen molar-refractivity contribution in [1.82, 2.24) is 0 Å². The molecule has 11 heavy (non-hydrogen) atoms. The summed E-state index contributed by atoms with van der Waals surface area (Å²) in [6.45, 7) is 6.01. The molecule has 2 N–H and O–H groups in total. The van der Waals surface area contributed by atoms with Crippen LogP contribution in [0.25, 0.3) is 0 Å². The summed E-state index contributed by atoms with van der Waals surface area (Å²) in [6, 6.07) is 0. The second-order valence-corrected chi connectivity index (χ2v) is 3.50. The van der Waals surface area contributed by atoms with Gasteiger partial charge in [-0.25, -0.2) is 4.39 Å². The third-order valence-corrected chi connectivity index (χ3v) is 2.32. The predicted molar refractivity (Wildman–Crippen MR) is 47.3 cm³/mol. The molecular formula is C9H20FN. The zero-order valence-corrected chi connectivity index (χ0v) is 7.86. The third kappa shape index (κ3) is 3.19. The van der Waals surface area contributed by atoms with E-state index in [9.17, 15) is 4.39 Å². The minimum Gasteiger partial charge on any atom is -0.328 e. The van der Waals surface area contributed by atoms with Gasteiger partial charge in [-0.3, -0.25) is 0 Å². The molecule has 0 radical (unpaired) electrons. The van der Waals surface area contributed by atoms with E-state index in [0.29, 0.717) is 6.42 Å². The first-order chi connectivity index (χ1) is 5.06. The van der Waals surface area contributed by atoms with Gasteiger partial charge in [-0.05, 0) is 12.3 Å². The van der Waals surface area contributed by atoms with Crippen molar-refractivity contribution in [1.29, 1.82) is 0 Å². The van der Waals surface area contributed by atoms with Crippen molar-refractivity contribution in [2.75, 3.05) is 6.54 Å². The molecule has 0 aromatic heterocycles. The van der Waals surface area contributed by atoms with Crippen molar-refractivity contribution in [2.45, 2.75) is 45.7 Å². The summed E-state index contributed by atoms with van der Waals surface area (Å²) >= 11 is 0. The Hall–Kier alpha value is -0.110. The number of hydrogen-bond donors (Lipinski definition) is 1. The maximum absolute atomic E-state index is 13.7. The SMILES string of the molecule is CCCCC(F)(CN)C(C)C. The molecule has 0 aliphatic carbocycles. The topological polar surface area (TPSA) is 26.0 Å². The number of rotatable bonds is 5. The van der Waals surface area contributed by atoms with Gasteiger partial charge in [0.2, 0.25) is 0 Å². The molecule has 0 aliphatic heterocycles. The molecule has 0 heterocycles. The smallest absolute Gasteiger partial charge is 0.125 e. The second kappa shape index (κ2) is 4.70. The molecule has 0 spiro atoms. The van der Waals surface area contributed by atoms with E-state index in [1.807, 2.05) is 13.8 Å². The van der Waals surface area contributed by atoms with Crippen molar-refractivity contribution in [2.24, 2.45) is 11.7 Å². The molecule has 0 saturated carbocycles. The Bertz CT molecular complexity index is 104. The highest BCUT2D eigenvalue weighted by Gasteiger charge is 2.30. The number of unbranched alkanes of at least 4 members (excludes halogenated alkanes) is 1. The van der Waals surface area contributed by atoms with Gasteiger partial charge < -0.3 is 5.73 Å². The van der Waals surface area contributed by atoms with Gasteiger partial charge in [-0.1, -0.05) is 33.6 Å². The summed E-state index contributed by atoms with van der Waals surface area (Å²) in [4.78, 5) is 0. The first-order valence-electron chi connectivity index (χ1n) is 4.45. The fraction of sp³-hybridized carbons (Fsp3) is 1.00. The summed E-state index contributed by atoms with van der Waals surface area (Å²) in [5.74, 6) is 0.0408. The maximum atomic E-state index is 13.7. The van der Waals surface area contributed by atoms with E-state index in [4.69, 9.17) is 5.73 Å². The quantitative estimate of drug-likeness (QED) is 0.658. The van der Waals surface area contributed by atoms with Gasteiger partial charge in [0.25, 0.3) is 0 Å². The van der Waals surface area contributed by atoms with Gasteiger partial charge in [0.05, 0.1) is 0 Å². The van der Waals surface area contributed by atoms with E-state index >= 15 is 0 Å². The largest absolute Gasteiger partial charge is 0.328 e. The Labute approximate surface area is 69.2 Å². The van der Waals surface area contributed by atoms with Crippen molar-refractivity contribution < 1.29 is 4.39 Å². The van der Waals surface area contributed by atoms with Crippen LogP contribution in [-0.4, -0.2) is 12.2 Å². The van der Waals surface area contributed by atoms with Crippen LogP contribution in [0.15, 0.2) is 0 Å². The first-order valence-corrected chi connectivity index (χ1v) is 4.45. The Morgan fingerprint density at radius 3 is 2.27 bits per heavy atom. The van der Waals surface area contributed by atoms with E-state index in [1.54, 1.807) is 0 Å². The molecule has 0 aromatic carbocycles. The molecule has 0 amide bonds. The van der Waals surface area contributed by atoms with Gasteiger partial charge in [0.1, 0.15) is 5.67 Å². The van der Waals surface area contributed by atoms with Crippen LogP contribution in [0.3, 0.4) is 0 Å². The minimum absolute atomic E-state index is 0.0408. The zero-order valence-electron chi connectivity index (χ0n) is 7.86. The summed E-state index contributed by atoms with van der Waals surface area (Å²) in [6.07, 6.45) is 2.59. The lowest BCUT2D eigenvalue weighted by atomic mass is 9.87. The molecule has 1 atom stereocenters. The van der Waals surface area contributed by atoms with Crippen molar-refractivity contribution in [3.05, 3.63) is 0 Å². The summed E-state index contributed by atoms with van der Waals surface area (Å²) < 4.78 is 13.7. The fourth-order valence-electron chi connectivity index (χ4n) is 1.10. The van der Waals surface area contributed by atoms with E-state index in [0.717, 1.165) is 12.8 Å². The highest BCUT2D eigenvalue weighted by Crippen LogP contribution is 2.26. The van der Waals surface area contributed by atoms with Crippen LogP contribution in [0, 0.1) is 5.92 Å². The van der Waals surface area contributed by atoms with E-state index in [1.165, 1.54) is 0 Å². The standard InChI is InChI=1S/C9H20FN/c1-4-5-6-9(10,7-11)8(2)3/h8H,4-7,11H2,1-3H3. The van der Waals surface area contributed by atoms with Crippen molar-refractivity contribution >= 4 is 0 Å². The zero-order chi connectivity index (χ0) is 8.91. The van der Waals surface area contributed by atoms with Gasteiger partial charge in [0, 0.05) is 6.54 Å². The third-order valence-electron chi connectivity index (χ3n) is 2.32. The Morgan fingerprint density at radius 2 is 2.00 bits per heavy atom. The summed E-state index contributed by atoms with van der Waals surface area (Å²) in [5, 5.41) is 0. The van der Waals surface area contributed by atoms with Crippen LogP contribution in [-0.2, 0) is 0 Å². The molecule has 0 bridgehead atoms. The Kier molecular flexibility index (Phi) is 4.66. The number of halogens is 1. The van der Waals surface area contributed by atoms with Crippen LogP contribution >= 0.6 is 0 Å². The molecule has 0 aliphatic rings.